The molecule has 1 aromatic carbocycles. The van der Waals surface area contributed by atoms with Crippen molar-refractivity contribution in [2.75, 3.05) is 5.73 Å². The topological polar surface area (TPSA) is 93.0 Å². The molecule has 2 N–H and O–H groups in total. The molecular formula is C8H4F3N3O2. The zero-order valence-corrected chi connectivity index (χ0v) is 7.58. The Bertz CT molecular complexity index is 491. The molecule has 0 aliphatic carbocycles. The number of nitriles is 1. The predicted octanol–water partition coefficient (Wildman–Crippen LogP) is 2.07. The third-order valence-electron chi connectivity index (χ3n) is 1.74. The molecule has 0 aromatic heterocycles. The Morgan fingerprint density at radius 3 is 2.38 bits per heavy atom. The lowest BCUT2D eigenvalue weighted by Crippen LogP contribution is -2.11. The molecule has 1 rings (SSSR count). The van der Waals surface area contributed by atoms with Crippen LogP contribution >= 0.6 is 0 Å². The smallest absolute Gasteiger partial charge is 0.399 e. The fourth-order valence-electron chi connectivity index (χ4n) is 1.15. The first-order valence-electron chi connectivity index (χ1n) is 3.82. The van der Waals surface area contributed by atoms with E-state index in [4.69, 9.17) is 11.0 Å². The zero-order valence-electron chi connectivity index (χ0n) is 7.58. The quantitative estimate of drug-likeness (QED) is 0.454. The van der Waals surface area contributed by atoms with E-state index in [1.807, 2.05) is 0 Å². The van der Waals surface area contributed by atoms with Crippen LogP contribution in [0.5, 0.6) is 0 Å². The van der Waals surface area contributed by atoms with E-state index in [-0.39, 0.29) is 5.69 Å². The highest BCUT2D eigenvalue weighted by Gasteiger charge is 2.40. The van der Waals surface area contributed by atoms with Gasteiger partial charge in [0.1, 0.15) is 17.2 Å². The highest BCUT2D eigenvalue weighted by molar-refractivity contribution is 5.62. The summed E-state index contributed by atoms with van der Waals surface area (Å²) in [6.45, 7) is 0. The lowest BCUT2D eigenvalue weighted by molar-refractivity contribution is -0.388. The van der Waals surface area contributed by atoms with E-state index in [1.165, 1.54) is 6.07 Å². The van der Waals surface area contributed by atoms with Crippen molar-refractivity contribution in [1.82, 2.24) is 0 Å². The van der Waals surface area contributed by atoms with Crippen LogP contribution in [0.15, 0.2) is 12.1 Å². The fourth-order valence-corrected chi connectivity index (χ4v) is 1.15. The minimum Gasteiger partial charge on any atom is -0.399 e. The SMILES string of the molecule is N#Cc1cc(N)cc(C(F)(F)F)c1[N+](=O)[O-]. The molecule has 84 valence electrons. The predicted molar refractivity (Wildman–Crippen MR) is 47.2 cm³/mol. The average molecular weight is 231 g/mol. The summed E-state index contributed by atoms with van der Waals surface area (Å²) < 4.78 is 37.3. The number of hydrogen-bond donors (Lipinski definition) is 1. The van der Waals surface area contributed by atoms with E-state index >= 15 is 0 Å². The Kier molecular flexibility index (Phi) is 2.72. The first-order chi connectivity index (χ1) is 7.27. The highest BCUT2D eigenvalue weighted by Crippen LogP contribution is 2.39. The molecule has 0 aliphatic heterocycles. The summed E-state index contributed by atoms with van der Waals surface area (Å²) in [6, 6.07) is 2.56. The molecule has 0 aliphatic rings. The molecule has 0 bridgehead atoms. The van der Waals surface area contributed by atoms with Gasteiger partial charge in [0.15, 0.2) is 0 Å². The van der Waals surface area contributed by atoms with Crippen LogP contribution in [0.4, 0.5) is 24.5 Å². The molecule has 0 spiro atoms. The molecule has 16 heavy (non-hydrogen) atoms. The van der Waals surface area contributed by atoms with Crippen LogP contribution in [0.2, 0.25) is 0 Å². The molecule has 0 unspecified atom stereocenters. The Morgan fingerprint density at radius 1 is 1.44 bits per heavy atom. The molecule has 5 nitrogen and oxygen atoms in total. The van der Waals surface area contributed by atoms with Crippen molar-refractivity contribution in [1.29, 1.82) is 5.26 Å². The summed E-state index contributed by atoms with van der Waals surface area (Å²) in [7, 11) is 0. The van der Waals surface area contributed by atoms with E-state index in [0.29, 0.717) is 6.07 Å². The molecule has 0 heterocycles. The van der Waals surface area contributed by atoms with Crippen LogP contribution in [0.25, 0.3) is 0 Å². The van der Waals surface area contributed by atoms with Gasteiger partial charge in [0, 0.05) is 5.69 Å². The number of halogens is 3. The van der Waals surface area contributed by atoms with Crippen LogP contribution in [0.1, 0.15) is 11.1 Å². The number of nitrogens with two attached hydrogens (primary N) is 1. The van der Waals surface area contributed by atoms with Crippen molar-refractivity contribution in [3.05, 3.63) is 33.4 Å². The second-order valence-corrected chi connectivity index (χ2v) is 2.83. The van der Waals surface area contributed by atoms with Crippen molar-refractivity contribution in [2.24, 2.45) is 0 Å². The van der Waals surface area contributed by atoms with Crippen LogP contribution in [0.3, 0.4) is 0 Å². The van der Waals surface area contributed by atoms with Crippen molar-refractivity contribution in [3.63, 3.8) is 0 Å². The van der Waals surface area contributed by atoms with E-state index in [0.717, 1.165) is 6.07 Å². The first-order valence-corrected chi connectivity index (χ1v) is 3.82. The van der Waals surface area contributed by atoms with Gasteiger partial charge in [0.25, 0.3) is 5.69 Å². The third kappa shape index (κ3) is 2.03. The van der Waals surface area contributed by atoms with Gasteiger partial charge < -0.3 is 5.73 Å². The summed E-state index contributed by atoms with van der Waals surface area (Å²) in [6.07, 6.45) is -4.93. The Morgan fingerprint density at radius 2 is 2.00 bits per heavy atom. The number of rotatable bonds is 1. The van der Waals surface area contributed by atoms with E-state index in [9.17, 15) is 23.3 Å². The van der Waals surface area contributed by atoms with Gasteiger partial charge in [-0.05, 0) is 12.1 Å². The van der Waals surface area contributed by atoms with Gasteiger partial charge in [-0.15, -0.1) is 0 Å². The fraction of sp³-hybridized carbons (Fsp3) is 0.125. The summed E-state index contributed by atoms with van der Waals surface area (Å²) in [5.74, 6) is 0. The summed E-state index contributed by atoms with van der Waals surface area (Å²) in [4.78, 5) is 9.22. The molecule has 0 fully saturated rings. The Balaban J connectivity index is 3.66. The molecule has 0 radical (unpaired) electrons. The van der Waals surface area contributed by atoms with Crippen molar-refractivity contribution in [2.45, 2.75) is 6.18 Å². The van der Waals surface area contributed by atoms with Crippen LogP contribution in [-0.4, -0.2) is 4.92 Å². The van der Waals surface area contributed by atoms with E-state index < -0.39 is 27.9 Å². The second kappa shape index (κ2) is 3.69. The average Bonchev–Trinajstić information content (AvgIpc) is 2.14. The minimum atomic E-state index is -4.93. The number of hydrogen-bond acceptors (Lipinski definition) is 4. The first kappa shape index (κ1) is 11.8. The number of nitrogen functional groups attached to an aromatic ring is 1. The molecule has 0 amide bonds. The summed E-state index contributed by atoms with van der Waals surface area (Å²) in [5, 5.41) is 19.0. The molecule has 8 heteroatoms. The largest absolute Gasteiger partial charge is 0.423 e. The summed E-state index contributed by atoms with van der Waals surface area (Å²) in [5.41, 5.74) is 1.27. The number of nitrogens with zero attached hydrogens (tertiary/aromatic N) is 2. The van der Waals surface area contributed by atoms with Crippen molar-refractivity contribution >= 4 is 11.4 Å². The third-order valence-corrected chi connectivity index (χ3v) is 1.74. The molecular weight excluding hydrogens is 227 g/mol. The van der Waals surface area contributed by atoms with Crippen LogP contribution < -0.4 is 5.73 Å². The van der Waals surface area contributed by atoms with Gasteiger partial charge in [-0.3, -0.25) is 10.1 Å². The molecule has 0 atom stereocenters. The Hall–Kier alpha value is -2.30. The maximum Gasteiger partial charge on any atom is 0.423 e. The van der Waals surface area contributed by atoms with Crippen molar-refractivity contribution < 1.29 is 18.1 Å². The zero-order chi connectivity index (χ0) is 12.5. The van der Waals surface area contributed by atoms with Gasteiger partial charge in [-0.2, -0.15) is 18.4 Å². The lowest BCUT2D eigenvalue weighted by Gasteiger charge is -2.08. The van der Waals surface area contributed by atoms with Crippen LogP contribution in [0, 0.1) is 21.4 Å². The van der Waals surface area contributed by atoms with Crippen molar-refractivity contribution in [3.8, 4) is 6.07 Å². The number of benzene rings is 1. The maximum atomic E-state index is 12.4. The van der Waals surface area contributed by atoms with Crippen LogP contribution in [-0.2, 0) is 6.18 Å². The van der Waals surface area contributed by atoms with Gasteiger partial charge in [0.05, 0.1) is 4.92 Å². The number of nitro groups is 1. The van der Waals surface area contributed by atoms with Gasteiger partial charge in [-0.25, -0.2) is 0 Å². The standard InChI is InChI=1S/C8H4F3N3O2/c9-8(10,11)6-2-5(13)1-4(3-12)7(6)14(15)16/h1-2H,13H2. The second-order valence-electron chi connectivity index (χ2n) is 2.83. The molecule has 0 saturated carbocycles. The number of nitro benzene ring substituents is 1. The minimum absolute atomic E-state index is 0.352. The Labute approximate surface area is 87.0 Å². The molecule has 1 aromatic rings. The van der Waals surface area contributed by atoms with E-state index in [1.54, 1.807) is 0 Å². The lowest BCUT2D eigenvalue weighted by atomic mass is 10.1. The van der Waals surface area contributed by atoms with E-state index in [2.05, 4.69) is 0 Å². The molecule has 0 saturated heterocycles. The van der Waals surface area contributed by atoms with Gasteiger partial charge in [-0.1, -0.05) is 0 Å². The number of alkyl halides is 3. The monoisotopic (exact) mass is 231 g/mol. The van der Waals surface area contributed by atoms with Gasteiger partial charge in [0.2, 0.25) is 0 Å². The highest BCUT2D eigenvalue weighted by atomic mass is 19.4. The normalized spacial score (nSPS) is 10.9. The maximum absolute atomic E-state index is 12.4. The summed E-state index contributed by atoms with van der Waals surface area (Å²) >= 11 is 0. The number of anilines is 1. The van der Waals surface area contributed by atoms with Gasteiger partial charge >= 0.3 is 6.18 Å².